The maximum absolute atomic E-state index is 13.1. The van der Waals surface area contributed by atoms with Gasteiger partial charge < -0.3 is 4.74 Å². The molecule has 2 aromatic rings. The van der Waals surface area contributed by atoms with Gasteiger partial charge in [0, 0.05) is 28.3 Å². The second-order valence-electron chi connectivity index (χ2n) is 6.48. The summed E-state index contributed by atoms with van der Waals surface area (Å²) in [5.74, 6) is -0.0137. The number of allylic oxidation sites excluding steroid dienone is 1. The Morgan fingerprint density at radius 3 is 2.46 bits per heavy atom. The van der Waals surface area contributed by atoms with Crippen molar-refractivity contribution in [2.45, 2.75) is 19.8 Å². The lowest BCUT2D eigenvalue weighted by Gasteiger charge is -2.27. The summed E-state index contributed by atoms with van der Waals surface area (Å²) >= 11 is 0. The monoisotopic (exact) mass is 342 g/mol. The van der Waals surface area contributed by atoms with Crippen LogP contribution in [0.1, 0.15) is 41.3 Å². The lowest BCUT2D eigenvalue weighted by atomic mass is 9.76. The summed E-state index contributed by atoms with van der Waals surface area (Å²) in [7, 11) is 0. The minimum absolute atomic E-state index is 0.0222. The molecule has 1 aliphatic heterocycles. The minimum atomic E-state index is -0.454. The van der Waals surface area contributed by atoms with Crippen LogP contribution in [0.2, 0.25) is 0 Å². The third-order valence-electron chi connectivity index (χ3n) is 5.00. The highest BCUT2D eigenvalue weighted by Crippen LogP contribution is 2.47. The average Bonchev–Trinajstić information content (AvgIpc) is 2.94. The SMILES string of the molecule is CCOc1ccc([C@H]2C3=C(N=C(C)C2C#N)c2ccccc2C3=O)cc1. The maximum atomic E-state index is 13.1. The van der Waals surface area contributed by atoms with E-state index in [0.717, 1.165) is 22.6 Å². The summed E-state index contributed by atoms with van der Waals surface area (Å²) in [6.07, 6.45) is 0. The van der Waals surface area contributed by atoms with E-state index in [2.05, 4.69) is 11.1 Å². The molecule has 1 aliphatic carbocycles. The van der Waals surface area contributed by atoms with Crippen molar-refractivity contribution in [3.8, 4) is 11.8 Å². The number of benzene rings is 2. The highest BCUT2D eigenvalue weighted by atomic mass is 16.5. The molecule has 1 unspecified atom stereocenters. The molecule has 4 rings (SSSR count). The largest absolute Gasteiger partial charge is 0.494 e. The fraction of sp³-hybridized carbons (Fsp3) is 0.227. The van der Waals surface area contributed by atoms with E-state index < -0.39 is 5.92 Å². The van der Waals surface area contributed by atoms with Gasteiger partial charge >= 0.3 is 0 Å². The van der Waals surface area contributed by atoms with E-state index in [0.29, 0.717) is 23.4 Å². The maximum Gasteiger partial charge on any atom is 0.192 e. The van der Waals surface area contributed by atoms with Gasteiger partial charge in [-0.25, -0.2) is 0 Å². The third-order valence-corrected chi connectivity index (χ3v) is 5.00. The topological polar surface area (TPSA) is 62.4 Å². The molecule has 0 saturated heterocycles. The summed E-state index contributed by atoms with van der Waals surface area (Å²) in [5.41, 5.74) is 4.56. The predicted molar refractivity (Wildman–Crippen MR) is 100 cm³/mol. The van der Waals surface area contributed by atoms with Crippen molar-refractivity contribution in [1.82, 2.24) is 0 Å². The first kappa shape index (κ1) is 16.3. The fourth-order valence-electron chi connectivity index (χ4n) is 3.81. The number of carbonyl (C=O) groups excluding carboxylic acids is 1. The highest BCUT2D eigenvalue weighted by molar-refractivity contribution is 6.23. The van der Waals surface area contributed by atoms with Gasteiger partial charge in [0.05, 0.1) is 24.3 Å². The van der Waals surface area contributed by atoms with Crippen molar-refractivity contribution < 1.29 is 9.53 Å². The van der Waals surface area contributed by atoms with Crippen LogP contribution in [0.5, 0.6) is 5.75 Å². The second-order valence-corrected chi connectivity index (χ2v) is 6.48. The lowest BCUT2D eigenvalue weighted by Crippen LogP contribution is -2.26. The second kappa shape index (κ2) is 6.27. The first-order chi connectivity index (χ1) is 12.7. The number of fused-ring (bicyclic) bond motifs is 2. The van der Waals surface area contributed by atoms with E-state index >= 15 is 0 Å². The van der Waals surface area contributed by atoms with Crippen LogP contribution >= 0.6 is 0 Å². The van der Waals surface area contributed by atoms with E-state index in [-0.39, 0.29) is 11.7 Å². The molecule has 0 spiro atoms. The Kier molecular flexibility index (Phi) is 3.93. The standard InChI is InChI=1S/C22H18N2O2/c1-3-26-15-10-8-14(9-11-15)19-18(12-23)13(2)24-21-16-6-4-5-7-17(16)22(25)20(19)21/h4-11,18-19H,3H2,1-2H3/t18?,19-/m1/s1. The Morgan fingerprint density at radius 2 is 1.81 bits per heavy atom. The Morgan fingerprint density at radius 1 is 1.12 bits per heavy atom. The van der Waals surface area contributed by atoms with E-state index in [9.17, 15) is 10.1 Å². The fourth-order valence-corrected chi connectivity index (χ4v) is 3.81. The third kappa shape index (κ3) is 2.36. The Bertz CT molecular complexity index is 994. The normalized spacial score (nSPS) is 21.0. The van der Waals surface area contributed by atoms with Crippen LogP contribution < -0.4 is 4.74 Å². The first-order valence-electron chi connectivity index (χ1n) is 8.71. The molecule has 0 N–H and O–H groups in total. The predicted octanol–water partition coefficient (Wildman–Crippen LogP) is 4.39. The van der Waals surface area contributed by atoms with Crippen molar-refractivity contribution >= 4 is 17.2 Å². The molecule has 4 nitrogen and oxygen atoms in total. The smallest absolute Gasteiger partial charge is 0.192 e. The number of Topliss-reactive ketones (excluding diaryl/α,β-unsaturated/α-hetero) is 1. The van der Waals surface area contributed by atoms with Gasteiger partial charge in [-0.3, -0.25) is 9.79 Å². The molecular weight excluding hydrogens is 324 g/mol. The molecule has 26 heavy (non-hydrogen) atoms. The van der Waals surface area contributed by atoms with Crippen molar-refractivity contribution in [2.24, 2.45) is 10.9 Å². The van der Waals surface area contributed by atoms with Gasteiger partial charge in [-0.05, 0) is 31.5 Å². The molecule has 0 bridgehead atoms. The first-order valence-corrected chi connectivity index (χ1v) is 8.71. The number of hydrogen-bond acceptors (Lipinski definition) is 4. The molecule has 0 aromatic heterocycles. The molecule has 0 amide bonds. The van der Waals surface area contributed by atoms with Crippen molar-refractivity contribution in [3.63, 3.8) is 0 Å². The minimum Gasteiger partial charge on any atom is -0.494 e. The molecule has 2 aliphatic rings. The lowest BCUT2D eigenvalue weighted by molar-refractivity contribution is 0.103. The zero-order valence-corrected chi connectivity index (χ0v) is 14.7. The molecule has 0 radical (unpaired) electrons. The van der Waals surface area contributed by atoms with Crippen molar-refractivity contribution in [1.29, 1.82) is 5.26 Å². The van der Waals surface area contributed by atoms with Gasteiger partial charge in [-0.15, -0.1) is 0 Å². The van der Waals surface area contributed by atoms with Gasteiger partial charge in [0.15, 0.2) is 5.78 Å². The summed E-state index contributed by atoms with van der Waals surface area (Å²) in [4.78, 5) is 17.7. The average molecular weight is 342 g/mol. The van der Waals surface area contributed by atoms with Crippen LogP contribution in [0.25, 0.3) is 5.70 Å². The molecule has 2 atom stereocenters. The molecule has 0 saturated carbocycles. The number of hydrogen-bond donors (Lipinski definition) is 0. The summed E-state index contributed by atoms with van der Waals surface area (Å²) in [6.45, 7) is 4.40. The van der Waals surface area contributed by atoms with Crippen molar-refractivity contribution in [3.05, 3.63) is 70.8 Å². The Hall–Kier alpha value is -3.19. The zero-order chi connectivity index (χ0) is 18.3. The molecule has 1 heterocycles. The summed E-state index contributed by atoms with van der Waals surface area (Å²) in [5, 5.41) is 9.77. The van der Waals surface area contributed by atoms with Gasteiger partial charge in [0.25, 0.3) is 0 Å². The van der Waals surface area contributed by atoms with E-state index in [1.54, 1.807) is 0 Å². The van der Waals surface area contributed by atoms with Crippen LogP contribution in [0.4, 0.5) is 0 Å². The van der Waals surface area contributed by atoms with Crippen molar-refractivity contribution in [2.75, 3.05) is 6.61 Å². The van der Waals surface area contributed by atoms with E-state index in [1.165, 1.54) is 0 Å². The van der Waals surface area contributed by atoms with E-state index in [1.807, 2.05) is 62.4 Å². The van der Waals surface area contributed by atoms with Gasteiger partial charge in [0.2, 0.25) is 0 Å². The van der Waals surface area contributed by atoms with E-state index in [4.69, 9.17) is 4.74 Å². The highest BCUT2D eigenvalue weighted by Gasteiger charge is 2.42. The molecule has 128 valence electrons. The molecule has 4 heteroatoms. The number of aliphatic imine (C=N–C) groups is 1. The van der Waals surface area contributed by atoms with Crippen LogP contribution in [-0.2, 0) is 0 Å². The number of ether oxygens (including phenoxy) is 1. The number of nitrogens with zero attached hydrogens (tertiary/aromatic N) is 2. The number of carbonyl (C=O) groups is 1. The van der Waals surface area contributed by atoms with Gasteiger partial charge in [-0.2, -0.15) is 5.26 Å². The number of nitriles is 1. The Labute approximate surface area is 152 Å². The van der Waals surface area contributed by atoms with Crippen LogP contribution in [0, 0.1) is 17.2 Å². The zero-order valence-electron chi connectivity index (χ0n) is 14.7. The summed E-state index contributed by atoms with van der Waals surface area (Å²) < 4.78 is 5.51. The number of rotatable bonds is 3. The van der Waals surface area contributed by atoms with Crippen LogP contribution in [0.3, 0.4) is 0 Å². The van der Waals surface area contributed by atoms with Crippen LogP contribution in [-0.4, -0.2) is 18.1 Å². The Balaban J connectivity index is 1.86. The summed E-state index contributed by atoms with van der Waals surface area (Å²) in [6, 6.07) is 17.5. The van der Waals surface area contributed by atoms with Gasteiger partial charge in [0.1, 0.15) is 5.75 Å². The van der Waals surface area contributed by atoms with Crippen LogP contribution in [0.15, 0.2) is 59.1 Å². The van der Waals surface area contributed by atoms with Gasteiger partial charge in [-0.1, -0.05) is 36.4 Å². The molecule has 0 fully saturated rings. The molecule has 2 aromatic carbocycles. The number of ketones is 1. The molecular formula is C22H18N2O2. The quantitative estimate of drug-likeness (QED) is 0.831.